The van der Waals surface area contributed by atoms with Crippen LogP contribution in [-0.4, -0.2) is 30.3 Å². The molecule has 0 aliphatic carbocycles. The Labute approximate surface area is 197 Å². The fourth-order valence-electron chi connectivity index (χ4n) is 3.22. The lowest BCUT2D eigenvalue weighted by molar-refractivity contribution is -0.119. The number of anilines is 2. The quantitative estimate of drug-likeness (QED) is 0.442. The molecule has 0 aliphatic heterocycles. The first-order chi connectivity index (χ1) is 16.3. The molecule has 3 aromatic carbocycles. The number of carbonyl (C=O) groups excluding carboxylic acids is 4. The van der Waals surface area contributed by atoms with E-state index in [0.717, 1.165) is 5.56 Å². The number of ether oxygens (including phenoxy) is 1. The van der Waals surface area contributed by atoms with Crippen molar-refractivity contribution in [2.45, 2.75) is 19.9 Å². The molecule has 0 heterocycles. The lowest BCUT2D eigenvalue weighted by atomic mass is 10.1. The van der Waals surface area contributed by atoms with E-state index in [1.807, 2.05) is 37.3 Å². The molecular formula is C26H25N3O5. The number of para-hydroxylation sites is 1. The lowest BCUT2D eigenvalue weighted by Crippen LogP contribution is -2.28. The normalized spacial score (nSPS) is 11.1. The topological polar surface area (TPSA) is 114 Å². The number of rotatable bonds is 8. The molecule has 0 bridgehead atoms. The van der Waals surface area contributed by atoms with Gasteiger partial charge in [-0.3, -0.25) is 14.4 Å². The Kier molecular flexibility index (Phi) is 8.12. The summed E-state index contributed by atoms with van der Waals surface area (Å²) in [4.78, 5) is 48.7. The fraction of sp³-hybridized carbons (Fsp3) is 0.154. The third kappa shape index (κ3) is 6.77. The van der Waals surface area contributed by atoms with Crippen LogP contribution in [0.4, 0.5) is 11.4 Å². The van der Waals surface area contributed by atoms with Crippen LogP contribution in [0.5, 0.6) is 0 Å². The third-order valence-electron chi connectivity index (χ3n) is 4.85. The summed E-state index contributed by atoms with van der Waals surface area (Å²) in [5.74, 6) is -1.93. The molecule has 1 unspecified atom stereocenters. The summed E-state index contributed by atoms with van der Waals surface area (Å²) < 4.78 is 5.08. The highest BCUT2D eigenvalue weighted by molar-refractivity contribution is 6.04. The van der Waals surface area contributed by atoms with Gasteiger partial charge in [-0.2, -0.15) is 0 Å². The minimum atomic E-state index is -0.718. The van der Waals surface area contributed by atoms with Crippen molar-refractivity contribution in [3.05, 3.63) is 95.6 Å². The summed E-state index contributed by atoms with van der Waals surface area (Å²) in [6, 6.07) is 22.0. The van der Waals surface area contributed by atoms with Crippen LogP contribution in [0.25, 0.3) is 0 Å². The van der Waals surface area contributed by atoms with Crippen LogP contribution < -0.4 is 16.0 Å². The first-order valence-corrected chi connectivity index (χ1v) is 10.6. The van der Waals surface area contributed by atoms with E-state index in [1.54, 1.807) is 36.4 Å². The molecule has 0 saturated carbocycles. The fourth-order valence-corrected chi connectivity index (χ4v) is 3.22. The average molecular weight is 460 g/mol. The van der Waals surface area contributed by atoms with Crippen LogP contribution in [0.15, 0.2) is 78.9 Å². The predicted molar refractivity (Wildman–Crippen MR) is 128 cm³/mol. The number of hydrogen-bond acceptors (Lipinski definition) is 5. The molecule has 34 heavy (non-hydrogen) atoms. The number of amides is 3. The summed E-state index contributed by atoms with van der Waals surface area (Å²) >= 11 is 0. The molecule has 1 atom stereocenters. The van der Waals surface area contributed by atoms with Gasteiger partial charge in [0.05, 0.1) is 22.9 Å². The molecule has 3 amide bonds. The molecule has 0 radical (unpaired) electrons. The van der Waals surface area contributed by atoms with Gasteiger partial charge in [-0.15, -0.1) is 0 Å². The van der Waals surface area contributed by atoms with Gasteiger partial charge in [0.2, 0.25) is 5.91 Å². The number of hydrogen-bond donors (Lipinski definition) is 3. The van der Waals surface area contributed by atoms with Crippen molar-refractivity contribution in [3.63, 3.8) is 0 Å². The van der Waals surface area contributed by atoms with Crippen molar-refractivity contribution in [3.8, 4) is 0 Å². The first-order valence-electron chi connectivity index (χ1n) is 10.6. The van der Waals surface area contributed by atoms with Gasteiger partial charge in [0.1, 0.15) is 0 Å². The Hall–Kier alpha value is -4.46. The maximum Gasteiger partial charge on any atom is 0.338 e. The maximum atomic E-state index is 12.8. The van der Waals surface area contributed by atoms with Gasteiger partial charge in [0.15, 0.2) is 6.61 Å². The van der Waals surface area contributed by atoms with Crippen LogP contribution in [-0.2, 0) is 14.3 Å². The van der Waals surface area contributed by atoms with Crippen LogP contribution in [0.3, 0.4) is 0 Å². The number of esters is 1. The van der Waals surface area contributed by atoms with Gasteiger partial charge in [-0.25, -0.2) is 4.79 Å². The van der Waals surface area contributed by atoms with Crippen molar-refractivity contribution in [1.82, 2.24) is 5.32 Å². The molecule has 8 heteroatoms. The molecule has 0 fully saturated rings. The Morgan fingerprint density at radius 3 is 2.29 bits per heavy atom. The second-order valence-electron chi connectivity index (χ2n) is 7.54. The second kappa shape index (κ2) is 11.4. The standard InChI is InChI=1S/C26H25N3O5/c1-17(19-9-4-3-5-10-19)27-25(32)22-13-6-7-14-23(22)29-24(31)16-34-26(33)20-11-8-12-21(15-20)28-18(2)30/h3-15,17H,16H2,1-2H3,(H,27,32)(H,28,30)(H,29,31). The molecule has 0 saturated heterocycles. The monoisotopic (exact) mass is 459 g/mol. The van der Waals surface area contributed by atoms with Gasteiger partial charge in [-0.1, -0.05) is 48.5 Å². The van der Waals surface area contributed by atoms with Crippen LogP contribution in [0.2, 0.25) is 0 Å². The lowest BCUT2D eigenvalue weighted by Gasteiger charge is -2.16. The van der Waals surface area contributed by atoms with Crippen molar-refractivity contribution in [2.24, 2.45) is 0 Å². The van der Waals surface area contributed by atoms with E-state index in [9.17, 15) is 19.2 Å². The van der Waals surface area contributed by atoms with E-state index < -0.39 is 18.5 Å². The molecule has 8 nitrogen and oxygen atoms in total. The van der Waals surface area contributed by atoms with E-state index >= 15 is 0 Å². The summed E-state index contributed by atoms with van der Waals surface area (Å²) in [7, 11) is 0. The van der Waals surface area contributed by atoms with Gasteiger partial charge in [0, 0.05) is 12.6 Å². The van der Waals surface area contributed by atoms with Gasteiger partial charge >= 0.3 is 5.97 Å². The molecule has 3 aromatic rings. The highest BCUT2D eigenvalue weighted by Crippen LogP contribution is 2.18. The highest BCUT2D eigenvalue weighted by Gasteiger charge is 2.17. The molecule has 0 aliphatic rings. The van der Waals surface area contributed by atoms with Crippen LogP contribution >= 0.6 is 0 Å². The van der Waals surface area contributed by atoms with Crippen molar-refractivity contribution in [1.29, 1.82) is 0 Å². The largest absolute Gasteiger partial charge is 0.452 e. The summed E-state index contributed by atoms with van der Waals surface area (Å²) in [5.41, 5.74) is 2.17. The van der Waals surface area contributed by atoms with Crippen molar-refractivity contribution in [2.75, 3.05) is 17.2 Å². The smallest absolute Gasteiger partial charge is 0.338 e. The molecule has 3 N–H and O–H groups in total. The Bertz CT molecular complexity index is 1190. The molecule has 174 valence electrons. The average Bonchev–Trinajstić information content (AvgIpc) is 2.83. The van der Waals surface area contributed by atoms with E-state index in [-0.39, 0.29) is 29.0 Å². The van der Waals surface area contributed by atoms with E-state index in [0.29, 0.717) is 11.4 Å². The Balaban J connectivity index is 1.60. The highest BCUT2D eigenvalue weighted by atomic mass is 16.5. The van der Waals surface area contributed by atoms with Gasteiger partial charge < -0.3 is 20.7 Å². The molecule has 3 rings (SSSR count). The third-order valence-corrected chi connectivity index (χ3v) is 4.85. The summed E-state index contributed by atoms with van der Waals surface area (Å²) in [6.45, 7) is 2.68. The summed E-state index contributed by atoms with van der Waals surface area (Å²) in [6.07, 6.45) is 0. The SMILES string of the molecule is CC(=O)Nc1cccc(C(=O)OCC(=O)Nc2ccccc2C(=O)NC(C)c2ccccc2)c1. The van der Waals surface area contributed by atoms with E-state index in [4.69, 9.17) is 4.74 Å². The number of nitrogens with one attached hydrogen (secondary N) is 3. The Morgan fingerprint density at radius 1 is 0.853 bits per heavy atom. The van der Waals surface area contributed by atoms with Crippen molar-refractivity contribution >= 4 is 35.1 Å². The second-order valence-corrected chi connectivity index (χ2v) is 7.54. The van der Waals surface area contributed by atoms with Crippen LogP contribution in [0.1, 0.15) is 46.2 Å². The first kappa shape index (κ1) is 24.2. The van der Waals surface area contributed by atoms with Gasteiger partial charge in [-0.05, 0) is 42.8 Å². The molecule has 0 aromatic heterocycles. The number of carbonyl (C=O) groups is 4. The predicted octanol–water partition coefficient (Wildman–Crippen LogP) is 3.93. The minimum Gasteiger partial charge on any atom is -0.452 e. The molecule has 0 spiro atoms. The van der Waals surface area contributed by atoms with Crippen molar-refractivity contribution < 1.29 is 23.9 Å². The van der Waals surface area contributed by atoms with Gasteiger partial charge in [0.25, 0.3) is 11.8 Å². The zero-order valence-corrected chi connectivity index (χ0v) is 18.8. The Morgan fingerprint density at radius 2 is 1.56 bits per heavy atom. The minimum absolute atomic E-state index is 0.189. The van der Waals surface area contributed by atoms with E-state index in [2.05, 4.69) is 16.0 Å². The van der Waals surface area contributed by atoms with Crippen LogP contribution in [0, 0.1) is 0 Å². The zero-order chi connectivity index (χ0) is 24.5. The van der Waals surface area contributed by atoms with E-state index in [1.165, 1.54) is 19.1 Å². The summed E-state index contributed by atoms with van der Waals surface area (Å²) in [5, 5.41) is 8.10. The molecular weight excluding hydrogens is 434 g/mol. The number of benzene rings is 3. The zero-order valence-electron chi connectivity index (χ0n) is 18.8. The maximum absolute atomic E-state index is 12.8.